The summed E-state index contributed by atoms with van der Waals surface area (Å²) in [7, 11) is 0. The van der Waals surface area contributed by atoms with Crippen LogP contribution in [0, 0.1) is 5.92 Å². The first-order valence-corrected chi connectivity index (χ1v) is 7.29. The lowest BCUT2D eigenvalue weighted by molar-refractivity contribution is 0.740. The molecule has 78 valence electrons. The zero-order valence-electron chi connectivity index (χ0n) is 8.37. The second-order valence-corrected chi connectivity index (χ2v) is 5.96. The molecular weight excluding hydrogens is 210 g/mol. The molecule has 1 aromatic heterocycles. The molecule has 1 N–H and O–H groups in total. The molecule has 0 amide bonds. The second-order valence-electron chi connectivity index (χ2n) is 3.77. The average molecular weight is 227 g/mol. The van der Waals surface area contributed by atoms with Crippen molar-refractivity contribution in [3.05, 3.63) is 22.4 Å². The third-order valence-electron chi connectivity index (χ3n) is 2.35. The standard InChI is InChI=1S/C11H17NS2/c1-2-11(14-6-1)8-12-5-7-13-9-10-3-4-10/h1-2,6,10,12H,3-5,7-9H2. The van der Waals surface area contributed by atoms with E-state index in [2.05, 4.69) is 34.6 Å². The van der Waals surface area contributed by atoms with Crippen molar-refractivity contribution in [2.45, 2.75) is 19.4 Å². The number of nitrogens with one attached hydrogen (secondary N) is 1. The van der Waals surface area contributed by atoms with Crippen molar-refractivity contribution in [1.82, 2.24) is 5.32 Å². The first kappa shape index (κ1) is 10.5. The zero-order valence-corrected chi connectivity index (χ0v) is 10.0. The number of thioether (sulfide) groups is 1. The van der Waals surface area contributed by atoms with Crippen molar-refractivity contribution in [1.29, 1.82) is 0 Å². The molecule has 0 aliphatic heterocycles. The molecule has 0 bridgehead atoms. The minimum absolute atomic E-state index is 1.04. The molecule has 1 aliphatic carbocycles. The van der Waals surface area contributed by atoms with E-state index in [0.717, 1.165) is 19.0 Å². The van der Waals surface area contributed by atoms with Gasteiger partial charge in [-0.05, 0) is 36.0 Å². The Morgan fingerprint density at radius 1 is 1.50 bits per heavy atom. The lowest BCUT2D eigenvalue weighted by Crippen LogP contribution is -2.15. The third-order valence-corrected chi connectivity index (χ3v) is 4.43. The number of hydrogen-bond donors (Lipinski definition) is 1. The molecular formula is C11H17NS2. The Labute approximate surface area is 94.3 Å². The van der Waals surface area contributed by atoms with Crippen molar-refractivity contribution in [3.63, 3.8) is 0 Å². The molecule has 0 unspecified atom stereocenters. The SMILES string of the molecule is c1csc(CNCCSCC2CC2)c1. The van der Waals surface area contributed by atoms with Gasteiger partial charge in [0.1, 0.15) is 0 Å². The first-order valence-electron chi connectivity index (χ1n) is 5.26. The van der Waals surface area contributed by atoms with Crippen molar-refractivity contribution < 1.29 is 0 Å². The number of hydrogen-bond acceptors (Lipinski definition) is 3. The van der Waals surface area contributed by atoms with Gasteiger partial charge in [-0.2, -0.15) is 11.8 Å². The molecule has 14 heavy (non-hydrogen) atoms. The molecule has 1 aromatic rings. The maximum absolute atomic E-state index is 3.47. The van der Waals surface area contributed by atoms with Crippen LogP contribution in [0.2, 0.25) is 0 Å². The first-order chi connectivity index (χ1) is 6.95. The van der Waals surface area contributed by atoms with Crippen LogP contribution in [0.5, 0.6) is 0 Å². The van der Waals surface area contributed by atoms with Crippen molar-refractivity contribution in [2.24, 2.45) is 5.92 Å². The minimum Gasteiger partial charge on any atom is -0.311 e. The Bertz CT molecular complexity index is 242. The average Bonchev–Trinajstić information content (AvgIpc) is 2.87. The van der Waals surface area contributed by atoms with E-state index in [-0.39, 0.29) is 0 Å². The van der Waals surface area contributed by atoms with Gasteiger partial charge in [0.05, 0.1) is 0 Å². The van der Waals surface area contributed by atoms with Crippen LogP contribution in [0.15, 0.2) is 17.5 Å². The summed E-state index contributed by atoms with van der Waals surface area (Å²) in [5.74, 6) is 3.72. The molecule has 1 heterocycles. The predicted molar refractivity (Wildman–Crippen MR) is 66.1 cm³/mol. The van der Waals surface area contributed by atoms with E-state index in [1.807, 2.05) is 11.3 Å². The summed E-state index contributed by atoms with van der Waals surface area (Å²) in [6, 6.07) is 4.30. The van der Waals surface area contributed by atoms with Gasteiger partial charge in [0.2, 0.25) is 0 Å². The lowest BCUT2D eigenvalue weighted by atomic mass is 10.4. The topological polar surface area (TPSA) is 12.0 Å². The normalized spacial score (nSPS) is 16.0. The summed E-state index contributed by atoms with van der Waals surface area (Å²) in [6.45, 7) is 2.19. The van der Waals surface area contributed by atoms with Crippen molar-refractivity contribution >= 4 is 23.1 Å². The van der Waals surface area contributed by atoms with Crippen LogP contribution >= 0.6 is 23.1 Å². The highest BCUT2D eigenvalue weighted by molar-refractivity contribution is 7.99. The summed E-state index contributed by atoms with van der Waals surface area (Å²) in [4.78, 5) is 1.44. The summed E-state index contributed by atoms with van der Waals surface area (Å²) >= 11 is 3.93. The Kier molecular flexibility index (Phi) is 4.35. The van der Waals surface area contributed by atoms with Gasteiger partial charge in [-0.1, -0.05) is 6.07 Å². The molecule has 1 saturated carbocycles. The Morgan fingerprint density at radius 2 is 2.43 bits per heavy atom. The van der Waals surface area contributed by atoms with E-state index >= 15 is 0 Å². The predicted octanol–water partition coefficient (Wildman–Crippen LogP) is 2.98. The highest BCUT2D eigenvalue weighted by atomic mass is 32.2. The fourth-order valence-electron chi connectivity index (χ4n) is 1.30. The minimum atomic E-state index is 1.04. The largest absolute Gasteiger partial charge is 0.311 e. The van der Waals surface area contributed by atoms with Crippen LogP contribution in [0.4, 0.5) is 0 Å². The smallest absolute Gasteiger partial charge is 0.0300 e. The van der Waals surface area contributed by atoms with Gasteiger partial charge in [-0.25, -0.2) is 0 Å². The number of rotatable bonds is 7. The van der Waals surface area contributed by atoms with E-state index in [0.29, 0.717) is 0 Å². The van der Waals surface area contributed by atoms with Crippen LogP contribution in [0.3, 0.4) is 0 Å². The summed E-state index contributed by atoms with van der Waals surface area (Å²) in [6.07, 6.45) is 2.96. The van der Waals surface area contributed by atoms with E-state index in [9.17, 15) is 0 Å². The molecule has 1 aliphatic rings. The zero-order chi connectivity index (χ0) is 9.64. The molecule has 1 nitrogen and oxygen atoms in total. The van der Waals surface area contributed by atoms with E-state index < -0.39 is 0 Å². The van der Waals surface area contributed by atoms with Crippen LogP contribution in [0.1, 0.15) is 17.7 Å². The highest BCUT2D eigenvalue weighted by Crippen LogP contribution is 2.32. The van der Waals surface area contributed by atoms with Gasteiger partial charge in [-0.15, -0.1) is 11.3 Å². The van der Waals surface area contributed by atoms with Crippen LogP contribution < -0.4 is 5.32 Å². The fraction of sp³-hybridized carbons (Fsp3) is 0.636. The van der Waals surface area contributed by atoms with Crippen molar-refractivity contribution in [2.75, 3.05) is 18.1 Å². The molecule has 0 radical (unpaired) electrons. The molecule has 1 fully saturated rings. The number of thiophene rings is 1. The van der Waals surface area contributed by atoms with E-state index in [1.54, 1.807) is 0 Å². The van der Waals surface area contributed by atoms with Gasteiger partial charge in [0.25, 0.3) is 0 Å². The molecule has 0 aromatic carbocycles. The fourth-order valence-corrected chi connectivity index (χ4v) is 3.10. The van der Waals surface area contributed by atoms with Crippen molar-refractivity contribution in [3.8, 4) is 0 Å². The Hall–Kier alpha value is 0.01000. The monoisotopic (exact) mass is 227 g/mol. The summed E-state index contributed by atoms with van der Waals surface area (Å²) in [5.41, 5.74) is 0. The Morgan fingerprint density at radius 3 is 3.14 bits per heavy atom. The maximum Gasteiger partial charge on any atom is 0.0300 e. The van der Waals surface area contributed by atoms with Gasteiger partial charge >= 0.3 is 0 Å². The van der Waals surface area contributed by atoms with Crippen LogP contribution in [0.25, 0.3) is 0 Å². The summed E-state index contributed by atoms with van der Waals surface area (Å²) in [5, 5.41) is 5.61. The summed E-state index contributed by atoms with van der Waals surface area (Å²) < 4.78 is 0. The highest BCUT2D eigenvalue weighted by Gasteiger charge is 2.20. The van der Waals surface area contributed by atoms with Gasteiger partial charge in [0, 0.05) is 23.7 Å². The molecule has 0 saturated heterocycles. The molecule has 3 heteroatoms. The van der Waals surface area contributed by atoms with Gasteiger partial charge in [-0.3, -0.25) is 0 Å². The van der Waals surface area contributed by atoms with E-state index in [4.69, 9.17) is 0 Å². The van der Waals surface area contributed by atoms with E-state index in [1.165, 1.54) is 29.2 Å². The van der Waals surface area contributed by atoms with Crippen LogP contribution in [-0.4, -0.2) is 18.1 Å². The lowest BCUT2D eigenvalue weighted by Gasteiger charge is -2.02. The van der Waals surface area contributed by atoms with Gasteiger partial charge < -0.3 is 5.32 Å². The second kappa shape index (κ2) is 5.79. The maximum atomic E-state index is 3.47. The molecule has 0 atom stereocenters. The Balaban J connectivity index is 1.43. The van der Waals surface area contributed by atoms with Gasteiger partial charge in [0.15, 0.2) is 0 Å². The molecule has 0 spiro atoms. The molecule has 2 rings (SSSR count). The quantitative estimate of drug-likeness (QED) is 0.719. The van der Waals surface area contributed by atoms with Crippen LogP contribution in [-0.2, 0) is 6.54 Å². The third kappa shape index (κ3) is 4.03.